The van der Waals surface area contributed by atoms with E-state index < -0.39 is 0 Å². The van der Waals surface area contributed by atoms with Crippen LogP contribution < -0.4 is 5.32 Å². The molecule has 0 aliphatic carbocycles. The van der Waals surface area contributed by atoms with E-state index in [1.165, 1.54) is 0 Å². The van der Waals surface area contributed by atoms with Crippen molar-refractivity contribution in [1.29, 1.82) is 0 Å². The highest BCUT2D eigenvalue weighted by Gasteiger charge is 2.26. The normalized spacial score (nSPS) is 20.2. The number of aromatic nitrogens is 1. The van der Waals surface area contributed by atoms with Crippen molar-refractivity contribution in [2.24, 2.45) is 0 Å². The van der Waals surface area contributed by atoms with Crippen molar-refractivity contribution in [3.05, 3.63) is 11.8 Å². The largest absolute Gasteiger partial charge is 0.392 e. The first-order valence-corrected chi connectivity index (χ1v) is 7.34. The maximum absolute atomic E-state index is 12.2. The van der Waals surface area contributed by atoms with Crippen molar-refractivity contribution in [1.82, 2.24) is 15.0 Å². The Kier molecular flexibility index (Phi) is 5.33. The minimum atomic E-state index is -0.313. The summed E-state index contributed by atoms with van der Waals surface area (Å²) in [6.45, 7) is 9.54. The van der Waals surface area contributed by atoms with Crippen LogP contribution in [0.15, 0.2) is 10.6 Å². The number of nitrogens with one attached hydrogen (secondary N) is 1. The predicted octanol–water partition coefficient (Wildman–Crippen LogP) is 0.308. The molecule has 118 valence electrons. The maximum Gasteiger partial charge on any atom is 0.243 e. The number of nitrogens with zero attached hydrogens (tertiary/aromatic N) is 3. The zero-order chi connectivity index (χ0) is 15.4. The third kappa shape index (κ3) is 4.52. The van der Waals surface area contributed by atoms with Crippen LogP contribution in [-0.2, 0) is 4.79 Å². The van der Waals surface area contributed by atoms with Gasteiger partial charge in [-0.05, 0) is 20.8 Å². The SMILES string of the molecule is Cc1cc(NC(=O)[C@@H](C)N2CCN(C[C@@H](C)O)CC2)on1. The zero-order valence-electron chi connectivity index (χ0n) is 12.9. The van der Waals surface area contributed by atoms with E-state index in [1.807, 2.05) is 13.8 Å². The molecule has 0 bridgehead atoms. The monoisotopic (exact) mass is 296 g/mol. The van der Waals surface area contributed by atoms with Crippen LogP contribution in [0.1, 0.15) is 19.5 Å². The molecule has 1 aromatic heterocycles. The van der Waals surface area contributed by atoms with E-state index in [0.29, 0.717) is 12.4 Å². The molecule has 1 aromatic rings. The van der Waals surface area contributed by atoms with E-state index in [9.17, 15) is 9.90 Å². The van der Waals surface area contributed by atoms with Crippen molar-refractivity contribution < 1.29 is 14.4 Å². The Hall–Kier alpha value is -1.44. The Morgan fingerprint density at radius 2 is 2.10 bits per heavy atom. The van der Waals surface area contributed by atoms with E-state index in [0.717, 1.165) is 31.9 Å². The van der Waals surface area contributed by atoms with Crippen LogP contribution in [0, 0.1) is 6.92 Å². The summed E-state index contributed by atoms with van der Waals surface area (Å²) < 4.78 is 5.00. The van der Waals surface area contributed by atoms with E-state index in [4.69, 9.17) is 4.52 Å². The molecule has 1 amide bonds. The van der Waals surface area contributed by atoms with E-state index in [2.05, 4.69) is 20.3 Å². The van der Waals surface area contributed by atoms with Gasteiger partial charge in [-0.15, -0.1) is 0 Å². The standard InChI is InChI=1S/C14H24N4O3/c1-10-8-13(21-16-10)15-14(20)12(3)18-6-4-17(5-7-18)9-11(2)19/h8,11-12,19H,4-7,9H2,1-3H3,(H,15,20)/t11-,12-/m1/s1. The number of aryl methyl sites for hydroxylation is 1. The summed E-state index contributed by atoms with van der Waals surface area (Å²) in [6.07, 6.45) is -0.313. The molecule has 0 radical (unpaired) electrons. The molecule has 7 nitrogen and oxygen atoms in total. The lowest BCUT2D eigenvalue weighted by atomic mass is 10.2. The lowest BCUT2D eigenvalue weighted by Gasteiger charge is -2.37. The van der Waals surface area contributed by atoms with Gasteiger partial charge < -0.3 is 9.63 Å². The molecule has 2 rings (SSSR count). The Morgan fingerprint density at radius 1 is 1.43 bits per heavy atom. The lowest BCUT2D eigenvalue weighted by Crippen LogP contribution is -2.53. The van der Waals surface area contributed by atoms with Gasteiger partial charge in [0.05, 0.1) is 17.8 Å². The first-order valence-electron chi connectivity index (χ1n) is 7.34. The smallest absolute Gasteiger partial charge is 0.243 e. The van der Waals surface area contributed by atoms with Crippen LogP contribution in [0.4, 0.5) is 5.88 Å². The number of rotatable bonds is 5. The summed E-state index contributed by atoms with van der Waals surface area (Å²) in [6, 6.07) is 1.48. The van der Waals surface area contributed by atoms with E-state index in [-0.39, 0.29) is 18.1 Å². The number of amides is 1. The quantitative estimate of drug-likeness (QED) is 0.814. The van der Waals surface area contributed by atoms with Gasteiger partial charge in [0, 0.05) is 38.8 Å². The van der Waals surface area contributed by atoms with Crippen LogP contribution in [0.25, 0.3) is 0 Å². The average molecular weight is 296 g/mol. The van der Waals surface area contributed by atoms with Gasteiger partial charge in [0.25, 0.3) is 0 Å². The Bertz CT molecular complexity index is 467. The summed E-state index contributed by atoms with van der Waals surface area (Å²) in [5.41, 5.74) is 0.740. The molecule has 0 saturated carbocycles. The molecular weight excluding hydrogens is 272 g/mol. The van der Waals surface area contributed by atoms with Crippen LogP contribution in [0.3, 0.4) is 0 Å². The fraction of sp³-hybridized carbons (Fsp3) is 0.714. The molecule has 2 atom stereocenters. The highest BCUT2D eigenvalue weighted by atomic mass is 16.5. The second-order valence-corrected chi connectivity index (χ2v) is 5.68. The second kappa shape index (κ2) is 7.02. The van der Waals surface area contributed by atoms with Crippen LogP contribution in [0.2, 0.25) is 0 Å². The minimum Gasteiger partial charge on any atom is -0.392 e. The number of carbonyl (C=O) groups is 1. The fourth-order valence-electron chi connectivity index (χ4n) is 2.52. The van der Waals surface area contributed by atoms with Crippen molar-refractivity contribution in [2.75, 3.05) is 38.0 Å². The molecule has 0 spiro atoms. The van der Waals surface area contributed by atoms with Crippen LogP contribution in [-0.4, -0.2) is 70.8 Å². The highest BCUT2D eigenvalue weighted by molar-refractivity contribution is 5.93. The van der Waals surface area contributed by atoms with Gasteiger partial charge in [0.15, 0.2) is 0 Å². The fourth-order valence-corrected chi connectivity index (χ4v) is 2.52. The van der Waals surface area contributed by atoms with Gasteiger partial charge in [-0.3, -0.25) is 19.9 Å². The number of hydrogen-bond donors (Lipinski definition) is 2. The van der Waals surface area contributed by atoms with Crippen LogP contribution >= 0.6 is 0 Å². The third-order valence-electron chi connectivity index (χ3n) is 3.73. The number of β-amino-alcohol motifs (C(OH)–C–C–N with tert-alkyl or cyclic N) is 1. The first-order chi connectivity index (χ1) is 9.95. The van der Waals surface area contributed by atoms with Gasteiger partial charge in [-0.25, -0.2) is 0 Å². The Balaban J connectivity index is 1.81. The highest BCUT2D eigenvalue weighted by Crippen LogP contribution is 2.12. The number of carbonyl (C=O) groups excluding carboxylic acids is 1. The molecule has 21 heavy (non-hydrogen) atoms. The average Bonchev–Trinajstić information content (AvgIpc) is 2.83. The van der Waals surface area contributed by atoms with E-state index >= 15 is 0 Å². The molecule has 1 saturated heterocycles. The molecule has 7 heteroatoms. The summed E-state index contributed by atoms with van der Waals surface area (Å²) >= 11 is 0. The number of piperazine rings is 1. The molecule has 0 unspecified atom stereocenters. The molecular formula is C14H24N4O3. The van der Waals surface area contributed by atoms with Crippen molar-refractivity contribution in [3.63, 3.8) is 0 Å². The van der Waals surface area contributed by atoms with Crippen LogP contribution in [0.5, 0.6) is 0 Å². The number of aliphatic hydroxyl groups is 1. The number of anilines is 1. The summed E-state index contributed by atoms with van der Waals surface area (Å²) in [7, 11) is 0. The molecule has 1 fully saturated rings. The minimum absolute atomic E-state index is 0.0878. The maximum atomic E-state index is 12.2. The molecule has 1 aliphatic heterocycles. The first kappa shape index (κ1) is 15.9. The molecule has 0 aromatic carbocycles. The third-order valence-corrected chi connectivity index (χ3v) is 3.73. The zero-order valence-corrected chi connectivity index (χ0v) is 12.9. The molecule has 2 heterocycles. The number of aliphatic hydroxyl groups excluding tert-OH is 1. The van der Waals surface area contributed by atoms with Gasteiger partial charge in [-0.1, -0.05) is 5.16 Å². The summed E-state index contributed by atoms with van der Waals surface area (Å²) in [5, 5.41) is 15.9. The van der Waals surface area contributed by atoms with Gasteiger partial charge in [0.2, 0.25) is 11.8 Å². The lowest BCUT2D eigenvalue weighted by molar-refractivity contribution is -0.121. The van der Waals surface area contributed by atoms with Crippen molar-refractivity contribution in [3.8, 4) is 0 Å². The van der Waals surface area contributed by atoms with Crippen molar-refractivity contribution in [2.45, 2.75) is 32.9 Å². The second-order valence-electron chi connectivity index (χ2n) is 5.68. The summed E-state index contributed by atoms with van der Waals surface area (Å²) in [5.74, 6) is 0.298. The van der Waals surface area contributed by atoms with Gasteiger partial charge >= 0.3 is 0 Å². The molecule has 1 aliphatic rings. The van der Waals surface area contributed by atoms with E-state index in [1.54, 1.807) is 13.0 Å². The van der Waals surface area contributed by atoms with Gasteiger partial charge in [0.1, 0.15) is 0 Å². The Morgan fingerprint density at radius 3 is 2.62 bits per heavy atom. The topological polar surface area (TPSA) is 81.8 Å². The Labute approximate surface area is 124 Å². The van der Waals surface area contributed by atoms with Crippen molar-refractivity contribution >= 4 is 11.8 Å². The van der Waals surface area contributed by atoms with Gasteiger partial charge in [-0.2, -0.15) is 0 Å². The number of hydrogen-bond acceptors (Lipinski definition) is 6. The summed E-state index contributed by atoms with van der Waals surface area (Å²) in [4.78, 5) is 16.5. The predicted molar refractivity (Wildman–Crippen MR) is 79.0 cm³/mol. The molecule has 2 N–H and O–H groups in total.